The molecule has 3 N–H and O–H groups in total. The average molecular weight is 213 g/mol. The molecule has 0 saturated carbocycles. The predicted molar refractivity (Wildman–Crippen MR) is 56.1 cm³/mol. The maximum absolute atomic E-state index is 13.0. The molecule has 15 heavy (non-hydrogen) atoms. The van der Waals surface area contributed by atoms with Crippen molar-refractivity contribution in [2.75, 3.05) is 6.61 Å². The number of hydrogen-bond donors (Lipinski definition) is 2. The number of aliphatic hydroxyl groups is 1. The summed E-state index contributed by atoms with van der Waals surface area (Å²) in [7, 11) is 0. The fourth-order valence-electron chi connectivity index (χ4n) is 1.13. The Morgan fingerprint density at radius 3 is 2.80 bits per heavy atom. The molecule has 0 heterocycles. The first-order chi connectivity index (χ1) is 7.15. The van der Waals surface area contributed by atoms with Crippen molar-refractivity contribution in [2.24, 2.45) is 5.73 Å². The Balaban J connectivity index is 2.64. The molecule has 0 amide bonds. The van der Waals surface area contributed by atoms with Gasteiger partial charge in [-0.15, -0.1) is 0 Å². The van der Waals surface area contributed by atoms with Gasteiger partial charge in [-0.1, -0.05) is 6.92 Å². The van der Waals surface area contributed by atoms with E-state index in [4.69, 9.17) is 10.5 Å². The van der Waals surface area contributed by atoms with Crippen LogP contribution in [0.3, 0.4) is 0 Å². The van der Waals surface area contributed by atoms with Crippen molar-refractivity contribution < 1.29 is 14.2 Å². The smallest absolute Gasteiger partial charge is 0.127 e. The van der Waals surface area contributed by atoms with Crippen LogP contribution in [0.1, 0.15) is 18.9 Å². The van der Waals surface area contributed by atoms with Gasteiger partial charge in [0, 0.05) is 12.6 Å². The van der Waals surface area contributed by atoms with Gasteiger partial charge in [0.25, 0.3) is 0 Å². The lowest BCUT2D eigenvalue weighted by Crippen LogP contribution is -2.16. The third-order valence-corrected chi connectivity index (χ3v) is 2.08. The van der Waals surface area contributed by atoms with E-state index in [1.807, 2.05) is 6.92 Å². The van der Waals surface area contributed by atoms with Crippen LogP contribution in [0.2, 0.25) is 0 Å². The van der Waals surface area contributed by atoms with Crippen LogP contribution in [0.4, 0.5) is 4.39 Å². The Hall–Kier alpha value is -1.13. The maximum Gasteiger partial charge on any atom is 0.127 e. The van der Waals surface area contributed by atoms with E-state index in [9.17, 15) is 9.50 Å². The van der Waals surface area contributed by atoms with Crippen molar-refractivity contribution in [3.8, 4) is 5.75 Å². The van der Waals surface area contributed by atoms with E-state index in [2.05, 4.69) is 0 Å². The number of hydrogen-bond acceptors (Lipinski definition) is 3. The van der Waals surface area contributed by atoms with Crippen molar-refractivity contribution in [1.82, 2.24) is 0 Å². The molecule has 0 aliphatic carbocycles. The largest absolute Gasteiger partial charge is 0.491 e. The van der Waals surface area contributed by atoms with E-state index < -0.39 is 6.10 Å². The van der Waals surface area contributed by atoms with E-state index >= 15 is 0 Å². The predicted octanol–water partition coefficient (Wildman–Crippen LogP) is 1.43. The van der Waals surface area contributed by atoms with Gasteiger partial charge in [-0.05, 0) is 24.1 Å². The Labute approximate surface area is 88.7 Å². The summed E-state index contributed by atoms with van der Waals surface area (Å²) in [5.41, 5.74) is 6.07. The fraction of sp³-hybridized carbons (Fsp3) is 0.455. The summed E-state index contributed by atoms with van der Waals surface area (Å²) < 4.78 is 18.3. The maximum atomic E-state index is 13.0. The molecule has 1 aromatic carbocycles. The zero-order chi connectivity index (χ0) is 11.3. The van der Waals surface area contributed by atoms with Crippen molar-refractivity contribution in [3.05, 3.63) is 29.6 Å². The van der Waals surface area contributed by atoms with Gasteiger partial charge in [0.2, 0.25) is 0 Å². The average Bonchev–Trinajstić information content (AvgIpc) is 2.25. The van der Waals surface area contributed by atoms with Gasteiger partial charge in [0.05, 0.1) is 6.10 Å². The Morgan fingerprint density at radius 1 is 1.47 bits per heavy atom. The summed E-state index contributed by atoms with van der Waals surface area (Å²) in [4.78, 5) is 0. The van der Waals surface area contributed by atoms with Gasteiger partial charge in [-0.2, -0.15) is 0 Å². The molecule has 0 bridgehead atoms. The first-order valence-corrected chi connectivity index (χ1v) is 4.96. The summed E-state index contributed by atoms with van der Waals surface area (Å²) in [5.74, 6) is 0.0295. The molecule has 1 unspecified atom stereocenters. The zero-order valence-electron chi connectivity index (χ0n) is 8.74. The number of aliphatic hydroxyl groups excluding tert-OH is 1. The van der Waals surface area contributed by atoms with Crippen molar-refractivity contribution in [3.63, 3.8) is 0 Å². The molecule has 1 atom stereocenters. The summed E-state index contributed by atoms with van der Waals surface area (Å²) >= 11 is 0. The minimum absolute atomic E-state index is 0.171. The van der Waals surface area contributed by atoms with E-state index in [0.29, 0.717) is 17.7 Å². The van der Waals surface area contributed by atoms with Crippen LogP contribution in [0, 0.1) is 5.82 Å². The summed E-state index contributed by atoms with van der Waals surface area (Å²) in [6, 6.07) is 4.32. The van der Waals surface area contributed by atoms with Crippen LogP contribution < -0.4 is 10.5 Å². The number of ether oxygens (including phenoxy) is 1. The molecule has 0 fully saturated rings. The summed E-state index contributed by atoms with van der Waals surface area (Å²) in [5, 5.41) is 9.27. The van der Waals surface area contributed by atoms with E-state index in [1.54, 1.807) is 6.07 Å². The monoisotopic (exact) mass is 213 g/mol. The van der Waals surface area contributed by atoms with E-state index in [-0.39, 0.29) is 19.0 Å². The zero-order valence-corrected chi connectivity index (χ0v) is 8.74. The third kappa shape index (κ3) is 3.85. The van der Waals surface area contributed by atoms with Crippen molar-refractivity contribution in [1.29, 1.82) is 0 Å². The second-order valence-electron chi connectivity index (χ2n) is 3.37. The van der Waals surface area contributed by atoms with E-state index in [1.165, 1.54) is 12.1 Å². The summed E-state index contributed by atoms with van der Waals surface area (Å²) in [6.07, 6.45) is 0.0913. The highest BCUT2D eigenvalue weighted by Crippen LogP contribution is 2.16. The highest BCUT2D eigenvalue weighted by Gasteiger charge is 2.04. The number of rotatable bonds is 5. The Kier molecular flexibility index (Phi) is 4.52. The SMILES string of the molecule is CCC(O)COc1cc(F)cc(CN)c1. The fourth-order valence-corrected chi connectivity index (χ4v) is 1.13. The Bertz CT molecular complexity index is 317. The molecule has 0 radical (unpaired) electrons. The van der Waals surface area contributed by atoms with Gasteiger partial charge in [-0.25, -0.2) is 4.39 Å². The van der Waals surface area contributed by atoms with Gasteiger partial charge in [0.1, 0.15) is 18.2 Å². The molecule has 3 nitrogen and oxygen atoms in total. The highest BCUT2D eigenvalue weighted by atomic mass is 19.1. The molecule has 4 heteroatoms. The Morgan fingerprint density at radius 2 is 2.20 bits per heavy atom. The first-order valence-electron chi connectivity index (χ1n) is 4.96. The minimum atomic E-state index is -0.519. The number of nitrogens with two attached hydrogens (primary N) is 1. The van der Waals surface area contributed by atoms with Crippen LogP contribution in [-0.4, -0.2) is 17.8 Å². The van der Waals surface area contributed by atoms with Crippen LogP contribution in [0.5, 0.6) is 5.75 Å². The molecular weight excluding hydrogens is 197 g/mol. The number of halogens is 1. The van der Waals surface area contributed by atoms with Gasteiger partial charge >= 0.3 is 0 Å². The molecule has 0 spiro atoms. The van der Waals surface area contributed by atoms with Crippen LogP contribution in [0.25, 0.3) is 0 Å². The quantitative estimate of drug-likeness (QED) is 0.778. The number of benzene rings is 1. The molecule has 0 aliphatic heterocycles. The minimum Gasteiger partial charge on any atom is -0.491 e. The normalized spacial score (nSPS) is 12.5. The van der Waals surface area contributed by atoms with Crippen molar-refractivity contribution in [2.45, 2.75) is 26.0 Å². The molecule has 0 aliphatic rings. The summed E-state index contributed by atoms with van der Waals surface area (Å²) in [6.45, 7) is 2.29. The molecule has 1 aromatic rings. The molecule has 0 aromatic heterocycles. The van der Waals surface area contributed by atoms with Gasteiger partial charge < -0.3 is 15.6 Å². The highest BCUT2D eigenvalue weighted by molar-refractivity contribution is 5.29. The third-order valence-electron chi connectivity index (χ3n) is 2.08. The first kappa shape index (κ1) is 11.9. The molecule has 1 rings (SSSR count). The van der Waals surface area contributed by atoms with Crippen LogP contribution in [0.15, 0.2) is 18.2 Å². The van der Waals surface area contributed by atoms with Crippen LogP contribution >= 0.6 is 0 Å². The second kappa shape index (κ2) is 5.68. The van der Waals surface area contributed by atoms with Crippen LogP contribution in [-0.2, 0) is 6.54 Å². The molecule has 0 saturated heterocycles. The lowest BCUT2D eigenvalue weighted by molar-refractivity contribution is 0.104. The van der Waals surface area contributed by atoms with Gasteiger partial charge in [0.15, 0.2) is 0 Å². The van der Waals surface area contributed by atoms with Crippen molar-refractivity contribution >= 4 is 0 Å². The van der Waals surface area contributed by atoms with E-state index in [0.717, 1.165) is 0 Å². The lowest BCUT2D eigenvalue weighted by atomic mass is 10.2. The standard InChI is InChI=1S/C11H16FNO2/c1-2-10(14)7-15-11-4-8(6-13)3-9(12)5-11/h3-5,10,14H,2,6-7,13H2,1H3. The second-order valence-corrected chi connectivity index (χ2v) is 3.37. The molecular formula is C11H16FNO2. The van der Waals surface area contributed by atoms with Gasteiger partial charge in [-0.3, -0.25) is 0 Å². The lowest BCUT2D eigenvalue weighted by Gasteiger charge is -2.11. The molecule has 84 valence electrons. The topological polar surface area (TPSA) is 55.5 Å².